The summed E-state index contributed by atoms with van der Waals surface area (Å²) in [7, 11) is 1.93. The predicted molar refractivity (Wildman–Crippen MR) is 82.6 cm³/mol. The lowest BCUT2D eigenvalue weighted by Crippen LogP contribution is -2.41. The maximum Gasteiger partial charge on any atom is 0.270 e. The number of hydrogen-bond acceptors (Lipinski definition) is 2. The van der Waals surface area contributed by atoms with E-state index in [-0.39, 0.29) is 5.91 Å². The Balaban J connectivity index is 2.09. The molecule has 112 valence electrons. The lowest BCUT2D eigenvalue weighted by atomic mass is 9.75. The molecule has 1 aliphatic carbocycles. The number of hydrogen-bond donors (Lipinski definition) is 1. The van der Waals surface area contributed by atoms with Gasteiger partial charge in [-0.25, -0.2) is 0 Å². The number of nitrogen functional groups attached to an aromatic ring is 1. The number of aromatic nitrogens is 1. The standard InChI is InChI=1S/C16H27N3O/c1-5-19-11-12(17)10-14(19)15(20)18(4)13-6-8-16(2,3)9-7-13/h10-11,13H,5-9,17H2,1-4H3. The summed E-state index contributed by atoms with van der Waals surface area (Å²) in [5, 5.41) is 0. The second-order valence-corrected chi connectivity index (χ2v) is 6.76. The highest BCUT2D eigenvalue weighted by Crippen LogP contribution is 2.36. The van der Waals surface area contributed by atoms with Crippen molar-refractivity contribution < 1.29 is 4.79 Å². The number of anilines is 1. The molecule has 0 unspecified atom stereocenters. The number of aryl methyl sites for hydroxylation is 1. The molecule has 1 amide bonds. The molecule has 4 nitrogen and oxygen atoms in total. The molecule has 0 spiro atoms. The van der Waals surface area contributed by atoms with Crippen molar-refractivity contribution in [1.29, 1.82) is 0 Å². The van der Waals surface area contributed by atoms with E-state index < -0.39 is 0 Å². The first-order chi connectivity index (χ1) is 9.34. The average molecular weight is 277 g/mol. The number of carbonyl (C=O) groups excluding carboxylic acids is 1. The van der Waals surface area contributed by atoms with Gasteiger partial charge in [-0.05, 0) is 44.1 Å². The van der Waals surface area contributed by atoms with E-state index >= 15 is 0 Å². The molecule has 1 saturated carbocycles. The summed E-state index contributed by atoms with van der Waals surface area (Å²) >= 11 is 0. The first-order valence-corrected chi connectivity index (χ1v) is 7.57. The average Bonchev–Trinajstić information content (AvgIpc) is 2.78. The molecule has 1 aromatic heterocycles. The van der Waals surface area contributed by atoms with Crippen molar-refractivity contribution in [3.05, 3.63) is 18.0 Å². The SMILES string of the molecule is CCn1cc(N)cc1C(=O)N(C)C1CCC(C)(C)CC1. The zero-order valence-electron chi connectivity index (χ0n) is 13.1. The summed E-state index contributed by atoms with van der Waals surface area (Å²) in [5.41, 5.74) is 7.61. The van der Waals surface area contributed by atoms with Crippen molar-refractivity contribution in [3.63, 3.8) is 0 Å². The summed E-state index contributed by atoms with van der Waals surface area (Å²) in [6.45, 7) is 7.42. The molecule has 0 aromatic carbocycles. The van der Waals surface area contributed by atoms with Crippen molar-refractivity contribution in [2.45, 2.75) is 59.0 Å². The molecule has 0 bridgehead atoms. The smallest absolute Gasteiger partial charge is 0.270 e. The Morgan fingerprint density at radius 2 is 2.05 bits per heavy atom. The van der Waals surface area contributed by atoms with E-state index in [1.165, 1.54) is 12.8 Å². The molecule has 2 N–H and O–H groups in total. The Hall–Kier alpha value is -1.45. The van der Waals surface area contributed by atoms with Crippen LogP contribution >= 0.6 is 0 Å². The first-order valence-electron chi connectivity index (χ1n) is 7.57. The van der Waals surface area contributed by atoms with Crippen molar-refractivity contribution in [1.82, 2.24) is 9.47 Å². The Morgan fingerprint density at radius 3 is 2.60 bits per heavy atom. The van der Waals surface area contributed by atoms with Gasteiger partial charge in [0.1, 0.15) is 5.69 Å². The first kappa shape index (κ1) is 14.9. The van der Waals surface area contributed by atoms with Crippen LogP contribution in [-0.4, -0.2) is 28.5 Å². The largest absolute Gasteiger partial charge is 0.397 e. The van der Waals surface area contributed by atoms with Gasteiger partial charge in [-0.3, -0.25) is 4.79 Å². The van der Waals surface area contributed by atoms with Crippen LogP contribution < -0.4 is 5.73 Å². The minimum Gasteiger partial charge on any atom is -0.397 e. The highest BCUT2D eigenvalue weighted by Gasteiger charge is 2.31. The Kier molecular flexibility index (Phi) is 4.11. The lowest BCUT2D eigenvalue weighted by Gasteiger charge is -2.38. The van der Waals surface area contributed by atoms with Crippen LogP contribution in [0.1, 0.15) is 56.9 Å². The molecular formula is C16H27N3O. The van der Waals surface area contributed by atoms with Crippen LogP contribution in [0.5, 0.6) is 0 Å². The normalized spacial score (nSPS) is 19.0. The minimum atomic E-state index is 0.0910. The summed E-state index contributed by atoms with van der Waals surface area (Å²) in [6.07, 6.45) is 6.40. The molecule has 20 heavy (non-hydrogen) atoms. The van der Waals surface area contributed by atoms with Crippen LogP contribution in [0.25, 0.3) is 0 Å². The molecule has 1 aliphatic rings. The van der Waals surface area contributed by atoms with Gasteiger partial charge in [-0.2, -0.15) is 0 Å². The van der Waals surface area contributed by atoms with Crippen molar-refractivity contribution in [3.8, 4) is 0 Å². The fourth-order valence-electron chi connectivity index (χ4n) is 3.09. The van der Waals surface area contributed by atoms with Crippen LogP contribution in [0.4, 0.5) is 5.69 Å². The van der Waals surface area contributed by atoms with Crippen LogP contribution in [0.2, 0.25) is 0 Å². The third-order valence-electron chi connectivity index (χ3n) is 4.65. The molecule has 4 heteroatoms. The fraction of sp³-hybridized carbons (Fsp3) is 0.688. The second kappa shape index (κ2) is 5.51. The number of carbonyl (C=O) groups is 1. The summed E-state index contributed by atoms with van der Waals surface area (Å²) in [6, 6.07) is 2.15. The van der Waals surface area contributed by atoms with E-state index in [0.717, 1.165) is 19.4 Å². The number of nitrogens with zero attached hydrogens (tertiary/aromatic N) is 2. The predicted octanol–water partition coefficient (Wildman–Crippen LogP) is 3.13. The Labute approximate surface area is 121 Å². The maximum atomic E-state index is 12.6. The molecule has 0 aliphatic heterocycles. The van der Waals surface area contributed by atoms with E-state index in [9.17, 15) is 4.79 Å². The Morgan fingerprint density at radius 1 is 1.45 bits per heavy atom. The van der Waals surface area contributed by atoms with Crippen LogP contribution in [0.3, 0.4) is 0 Å². The van der Waals surface area contributed by atoms with Crippen LogP contribution in [-0.2, 0) is 6.54 Å². The zero-order valence-corrected chi connectivity index (χ0v) is 13.1. The van der Waals surface area contributed by atoms with Gasteiger partial charge < -0.3 is 15.2 Å². The topological polar surface area (TPSA) is 51.3 Å². The number of rotatable bonds is 3. The van der Waals surface area contributed by atoms with Crippen LogP contribution in [0, 0.1) is 5.41 Å². The fourth-order valence-corrected chi connectivity index (χ4v) is 3.09. The third kappa shape index (κ3) is 3.00. The van der Waals surface area contributed by atoms with Gasteiger partial charge >= 0.3 is 0 Å². The third-order valence-corrected chi connectivity index (χ3v) is 4.65. The van der Waals surface area contributed by atoms with E-state index in [1.807, 2.05) is 29.6 Å². The van der Waals surface area contributed by atoms with E-state index in [4.69, 9.17) is 5.73 Å². The molecule has 1 fully saturated rings. The molecule has 0 saturated heterocycles. The van der Waals surface area contributed by atoms with E-state index in [0.29, 0.717) is 22.8 Å². The van der Waals surface area contributed by atoms with Crippen LogP contribution in [0.15, 0.2) is 12.3 Å². The maximum absolute atomic E-state index is 12.6. The second-order valence-electron chi connectivity index (χ2n) is 6.76. The quantitative estimate of drug-likeness (QED) is 0.922. The minimum absolute atomic E-state index is 0.0910. The molecular weight excluding hydrogens is 250 g/mol. The van der Waals surface area contributed by atoms with Gasteiger partial charge in [0.2, 0.25) is 0 Å². The van der Waals surface area contributed by atoms with Crippen molar-refractivity contribution in [2.24, 2.45) is 5.41 Å². The molecule has 2 rings (SSSR count). The zero-order chi connectivity index (χ0) is 14.9. The summed E-state index contributed by atoms with van der Waals surface area (Å²) in [4.78, 5) is 14.6. The van der Waals surface area contributed by atoms with Gasteiger partial charge in [-0.15, -0.1) is 0 Å². The van der Waals surface area contributed by atoms with Crippen molar-refractivity contribution >= 4 is 11.6 Å². The van der Waals surface area contributed by atoms with Gasteiger partial charge in [0.25, 0.3) is 5.91 Å². The Bertz CT molecular complexity index is 480. The highest BCUT2D eigenvalue weighted by atomic mass is 16.2. The number of nitrogens with two attached hydrogens (primary N) is 1. The summed E-state index contributed by atoms with van der Waals surface area (Å²) < 4.78 is 1.93. The molecule has 1 heterocycles. The molecule has 0 radical (unpaired) electrons. The van der Waals surface area contributed by atoms with Gasteiger partial charge in [-0.1, -0.05) is 13.8 Å². The van der Waals surface area contributed by atoms with Gasteiger partial charge in [0, 0.05) is 25.8 Å². The molecule has 1 aromatic rings. The molecule has 0 atom stereocenters. The highest BCUT2D eigenvalue weighted by molar-refractivity contribution is 5.93. The van der Waals surface area contributed by atoms with Gasteiger partial charge in [0.05, 0.1) is 5.69 Å². The summed E-state index contributed by atoms with van der Waals surface area (Å²) in [5.74, 6) is 0.0910. The van der Waals surface area contributed by atoms with Gasteiger partial charge in [0.15, 0.2) is 0 Å². The monoisotopic (exact) mass is 277 g/mol. The number of amides is 1. The van der Waals surface area contributed by atoms with E-state index in [1.54, 1.807) is 6.07 Å². The van der Waals surface area contributed by atoms with Crippen molar-refractivity contribution in [2.75, 3.05) is 12.8 Å². The lowest BCUT2D eigenvalue weighted by molar-refractivity contribution is 0.0625. The van der Waals surface area contributed by atoms with E-state index in [2.05, 4.69) is 13.8 Å².